The fraction of sp³-hybridized carbons (Fsp3) is 0.214. The van der Waals surface area contributed by atoms with Gasteiger partial charge in [0.2, 0.25) is 0 Å². The number of hydrogen-bond donors (Lipinski definition) is 0. The molecule has 0 radical (unpaired) electrons. The Morgan fingerprint density at radius 2 is 1.59 bits per heavy atom. The van der Waals surface area contributed by atoms with Crippen molar-refractivity contribution >= 4 is 55.8 Å². The molecule has 116 valence electrons. The maximum Gasteiger partial charge on any atom is 0.333 e. The summed E-state index contributed by atoms with van der Waals surface area (Å²) in [7, 11) is 4.15. The van der Waals surface area contributed by atoms with Crippen molar-refractivity contribution in [3.63, 3.8) is 0 Å². The van der Waals surface area contributed by atoms with Gasteiger partial charge in [0.05, 0.1) is 11.6 Å². The normalized spacial score (nSPS) is 15.5. The van der Waals surface area contributed by atoms with Gasteiger partial charge < -0.3 is 4.74 Å². The number of rotatable bonds is 2. The Bertz CT molecular complexity index is 689. The van der Waals surface area contributed by atoms with Gasteiger partial charge in [0.1, 0.15) is 11.3 Å². The van der Waals surface area contributed by atoms with E-state index in [1.54, 1.807) is 12.1 Å². The molecule has 0 aliphatic carbocycles. The Morgan fingerprint density at radius 3 is 2.09 bits per heavy atom. The summed E-state index contributed by atoms with van der Waals surface area (Å²) in [4.78, 5) is 37.9. The fourth-order valence-corrected chi connectivity index (χ4v) is 3.45. The number of likely N-dealkylation sites (N-methyl/N-ethyl adjacent to an activating group) is 2. The zero-order valence-electron chi connectivity index (χ0n) is 12.0. The average molecular weight is 432 g/mol. The lowest BCUT2D eigenvalue weighted by molar-refractivity contribution is -0.134. The molecular formula is C14H12Br2N2O4. The summed E-state index contributed by atoms with van der Waals surface area (Å²) in [6, 6.07) is 2.84. The zero-order valence-corrected chi connectivity index (χ0v) is 15.2. The van der Waals surface area contributed by atoms with Crippen LogP contribution in [-0.4, -0.2) is 48.9 Å². The molecule has 1 saturated heterocycles. The third-order valence-electron chi connectivity index (χ3n) is 3.19. The van der Waals surface area contributed by atoms with E-state index >= 15 is 0 Å². The first kappa shape index (κ1) is 16.7. The quantitative estimate of drug-likeness (QED) is 0.533. The number of hydrogen-bond acceptors (Lipinski definition) is 4. The summed E-state index contributed by atoms with van der Waals surface area (Å²) in [5.74, 6) is -0.809. The highest BCUT2D eigenvalue weighted by Gasteiger charge is 2.38. The van der Waals surface area contributed by atoms with E-state index in [0.717, 1.165) is 14.3 Å². The van der Waals surface area contributed by atoms with Gasteiger partial charge in [-0.1, -0.05) is 15.9 Å². The zero-order chi connectivity index (χ0) is 16.6. The van der Waals surface area contributed by atoms with Gasteiger partial charge in [-0.25, -0.2) is 4.79 Å². The van der Waals surface area contributed by atoms with Crippen LogP contribution in [0.25, 0.3) is 6.08 Å². The minimum absolute atomic E-state index is 0.104. The number of carbonyl (C=O) groups is 3. The molecule has 1 aliphatic heterocycles. The van der Waals surface area contributed by atoms with E-state index in [9.17, 15) is 14.4 Å². The van der Waals surface area contributed by atoms with E-state index < -0.39 is 17.8 Å². The molecule has 1 aliphatic rings. The molecule has 8 heteroatoms. The van der Waals surface area contributed by atoms with E-state index in [0.29, 0.717) is 15.8 Å². The van der Waals surface area contributed by atoms with Crippen molar-refractivity contribution < 1.29 is 19.1 Å². The van der Waals surface area contributed by atoms with Crippen LogP contribution in [0.3, 0.4) is 0 Å². The molecule has 0 aromatic heterocycles. The molecule has 2 rings (SSSR count). The van der Waals surface area contributed by atoms with Gasteiger partial charge in [0.15, 0.2) is 0 Å². The van der Waals surface area contributed by atoms with Crippen LogP contribution < -0.4 is 4.74 Å². The van der Waals surface area contributed by atoms with E-state index in [-0.39, 0.29) is 5.57 Å². The van der Waals surface area contributed by atoms with Crippen molar-refractivity contribution in [1.29, 1.82) is 0 Å². The second-order valence-electron chi connectivity index (χ2n) is 4.58. The van der Waals surface area contributed by atoms with Crippen LogP contribution in [0.4, 0.5) is 4.79 Å². The summed E-state index contributed by atoms with van der Waals surface area (Å²) in [6.07, 6.45) is 1.42. The SMILES string of the molecule is COc1c(Br)cc(Br)cc1C=C1C(=O)N(C)C(=O)N(C)C1=O. The number of nitrogens with zero attached hydrogens (tertiary/aromatic N) is 2. The Morgan fingerprint density at radius 1 is 1.05 bits per heavy atom. The molecule has 1 aromatic carbocycles. The number of ether oxygens (including phenoxy) is 1. The van der Waals surface area contributed by atoms with Crippen LogP contribution in [0.5, 0.6) is 5.75 Å². The molecule has 1 heterocycles. The van der Waals surface area contributed by atoms with Crippen molar-refractivity contribution in [2.75, 3.05) is 21.2 Å². The number of barbiturate groups is 1. The van der Waals surface area contributed by atoms with Gasteiger partial charge >= 0.3 is 6.03 Å². The van der Waals surface area contributed by atoms with Crippen LogP contribution in [-0.2, 0) is 9.59 Å². The lowest BCUT2D eigenvalue weighted by Gasteiger charge is -2.29. The molecule has 0 atom stereocenters. The maximum atomic E-state index is 12.2. The molecule has 6 nitrogen and oxygen atoms in total. The summed E-state index contributed by atoms with van der Waals surface area (Å²) in [5.41, 5.74) is 0.435. The first-order chi connectivity index (χ1) is 10.3. The molecule has 22 heavy (non-hydrogen) atoms. The van der Waals surface area contributed by atoms with Crippen LogP contribution in [0.2, 0.25) is 0 Å². The van der Waals surface area contributed by atoms with E-state index in [4.69, 9.17) is 4.74 Å². The second-order valence-corrected chi connectivity index (χ2v) is 6.35. The van der Waals surface area contributed by atoms with Crippen molar-refractivity contribution in [3.05, 3.63) is 32.2 Å². The molecule has 0 saturated carbocycles. The fourth-order valence-electron chi connectivity index (χ4n) is 2.03. The Hall–Kier alpha value is -1.67. The van der Waals surface area contributed by atoms with E-state index in [2.05, 4.69) is 31.9 Å². The van der Waals surface area contributed by atoms with Crippen LogP contribution in [0.15, 0.2) is 26.7 Å². The molecule has 1 aromatic rings. The minimum atomic E-state index is -0.658. The number of amides is 4. The Balaban J connectivity index is 2.59. The number of benzene rings is 1. The first-order valence-corrected chi connectivity index (χ1v) is 7.71. The average Bonchev–Trinajstić information content (AvgIpc) is 2.47. The predicted molar refractivity (Wildman–Crippen MR) is 87.3 cm³/mol. The summed E-state index contributed by atoms with van der Waals surface area (Å²) in [6.45, 7) is 0. The van der Waals surface area contributed by atoms with Crippen LogP contribution in [0, 0.1) is 0 Å². The molecular weight excluding hydrogens is 420 g/mol. The van der Waals surface area contributed by atoms with Crippen LogP contribution in [0.1, 0.15) is 5.56 Å². The predicted octanol–water partition coefficient (Wildman–Crippen LogP) is 2.65. The summed E-state index contributed by atoms with van der Waals surface area (Å²) < 4.78 is 6.71. The van der Waals surface area contributed by atoms with Gasteiger partial charge in [-0.05, 0) is 34.1 Å². The van der Waals surface area contributed by atoms with Crippen molar-refractivity contribution in [3.8, 4) is 5.75 Å². The number of halogens is 2. The topological polar surface area (TPSA) is 66.9 Å². The number of imide groups is 2. The lowest BCUT2D eigenvalue weighted by Crippen LogP contribution is -2.52. The Kier molecular flexibility index (Phi) is 4.72. The molecule has 0 unspecified atom stereocenters. The molecule has 4 amide bonds. The first-order valence-electron chi connectivity index (χ1n) is 6.12. The highest BCUT2D eigenvalue weighted by Crippen LogP contribution is 2.34. The van der Waals surface area contributed by atoms with E-state index in [1.165, 1.54) is 27.3 Å². The maximum absolute atomic E-state index is 12.2. The number of urea groups is 1. The summed E-state index contributed by atoms with van der Waals surface area (Å²) in [5, 5.41) is 0. The summed E-state index contributed by atoms with van der Waals surface area (Å²) >= 11 is 6.70. The number of methoxy groups -OCH3 is 1. The van der Waals surface area contributed by atoms with Crippen molar-refractivity contribution in [2.24, 2.45) is 0 Å². The van der Waals surface area contributed by atoms with Gasteiger partial charge in [0, 0.05) is 24.1 Å². The highest BCUT2D eigenvalue weighted by molar-refractivity contribution is 9.11. The molecule has 0 N–H and O–H groups in total. The second kappa shape index (κ2) is 6.21. The lowest BCUT2D eigenvalue weighted by atomic mass is 10.1. The van der Waals surface area contributed by atoms with Gasteiger partial charge in [-0.2, -0.15) is 0 Å². The van der Waals surface area contributed by atoms with E-state index in [1.807, 2.05) is 0 Å². The monoisotopic (exact) mass is 430 g/mol. The van der Waals surface area contributed by atoms with Crippen LogP contribution >= 0.6 is 31.9 Å². The molecule has 0 spiro atoms. The molecule has 1 fully saturated rings. The van der Waals surface area contributed by atoms with Gasteiger partial charge in [-0.3, -0.25) is 19.4 Å². The molecule has 0 bridgehead atoms. The largest absolute Gasteiger partial charge is 0.495 e. The third kappa shape index (κ3) is 2.80. The number of carbonyl (C=O) groups excluding carboxylic acids is 3. The minimum Gasteiger partial charge on any atom is -0.495 e. The van der Waals surface area contributed by atoms with Crippen molar-refractivity contribution in [2.45, 2.75) is 0 Å². The van der Waals surface area contributed by atoms with Crippen molar-refractivity contribution in [1.82, 2.24) is 9.80 Å². The Labute approximate surface area is 144 Å². The third-order valence-corrected chi connectivity index (χ3v) is 4.23. The van der Waals surface area contributed by atoms with Gasteiger partial charge in [-0.15, -0.1) is 0 Å². The highest BCUT2D eigenvalue weighted by atomic mass is 79.9. The van der Waals surface area contributed by atoms with Gasteiger partial charge in [0.25, 0.3) is 11.8 Å². The standard InChI is InChI=1S/C14H12Br2N2O4/c1-17-12(19)9(13(20)18(2)14(17)21)5-7-4-8(15)6-10(16)11(7)22-3/h4-6H,1-3H3. The smallest absolute Gasteiger partial charge is 0.333 e.